The van der Waals surface area contributed by atoms with Gasteiger partial charge < -0.3 is 14.4 Å². The van der Waals surface area contributed by atoms with Crippen LogP contribution in [0.2, 0.25) is 0 Å². The molecule has 0 bridgehead atoms. The second kappa shape index (κ2) is 9.97. The van der Waals surface area contributed by atoms with Crippen molar-refractivity contribution in [1.29, 1.82) is 0 Å². The standard InChI is InChI=1S/C28H37F2N3O4/c1-16-7-8-21-22(32(16)27(36)37-3)9-10-23-24(21)31-26(25(35)18-11-13-28(29,30)14-12-18)33(23)20-6-4-5-19(15-20)17(2)34/h9-10,16,18-20,25,35H,4-8,11-15H2,1-3H3/t16?,19-,20-,25-/m1/s1. The maximum atomic E-state index is 13.9. The number of nitrogens with zero attached hydrogens (tertiary/aromatic N) is 3. The number of benzene rings is 1. The number of carbonyl (C=O) groups excluding carboxylic acids is 2. The first-order valence-electron chi connectivity index (χ1n) is 13.6. The minimum Gasteiger partial charge on any atom is -0.452 e. The summed E-state index contributed by atoms with van der Waals surface area (Å²) < 4.78 is 34.9. The highest BCUT2D eigenvalue weighted by Crippen LogP contribution is 2.45. The van der Waals surface area contributed by atoms with Crippen LogP contribution in [0.15, 0.2) is 12.1 Å². The average Bonchev–Trinajstić information content (AvgIpc) is 3.27. The van der Waals surface area contributed by atoms with Crippen molar-refractivity contribution in [3.63, 3.8) is 0 Å². The van der Waals surface area contributed by atoms with Gasteiger partial charge in [-0.2, -0.15) is 0 Å². The number of amides is 1. The van der Waals surface area contributed by atoms with Crippen molar-refractivity contribution < 1.29 is 28.2 Å². The molecule has 0 saturated heterocycles. The third-order valence-electron chi connectivity index (χ3n) is 8.91. The Morgan fingerprint density at radius 1 is 1.16 bits per heavy atom. The molecule has 3 aliphatic rings. The lowest BCUT2D eigenvalue weighted by Gasteiger charge is -2.35. The van der Waals surface area contributed by atoms with E-state index < -0.39 is 18.1 Å². The lowest BCUT2D eigenvalue weighted by Crippen LogP contribution is -2.42. The van der Waals surface area contributed by atoms with Gasteiger partial charge in [0.05, 0.1) is 23.8 Å². The van der Waals surface area contributed by atoms with Gasteiger partial charge in [-0.05, 0) is 76.8 Å². The summed E-state index contributed by atoms with van der Waals surface area (Å²) in [5.74, 6) is -2.35. The molecule has 2 fully saturated rings. The number of Topliss-reactive ketones (excluding diaryl/α,β-unsaturated/α-hetero) is 1. The first-order chi connectivity index (χ1) is 17.6. The fourth-order valence-corrected chi connectivity index (χ4v) is 6.74. The van der Waals surface area contributed by atoms with Crippen LogP contribution in [0.5, 0.6) is 0 Å². The van der Waals surface area contributed by atoms with E-state index in [1.807, 2.05) is 19.1 Å². The molecular formula is C28H37F2N3O4. The van der Waals surface area contributed by atoms with Crippen molar-refractivity contribution in [2.75, 3.05) is 12.0 Å². The number of aromatic nitrogens is 2. The number of imidazole rings is 1. The number of ketones is 1. The molecule has 2 aromatic rings. The largest absolute Gasteiger partial charge is 0.452 e. The molecule has 2 heterocycles. The van der Waals surface area contributed by atoms with Gasteiger partial charge in [0, 0.05) is 36.4 Å². The summed E-state index contributed by atoms with van der Waals surface area (Å²) in [4.78, 5) is 31.5. The molecule has 0 radical (unpaired) electrons. The Bertz CT molecular complexity index is 1190. The first kappa shape index (κ1) is 26.1. The Labute approximate surface area is 216 Å². The minimum atomic E-state index is -2.68. The lowest BCUT2D eigenvalue weighted by atomic mass is 9.81. The molecule has 2 saturated carbocycles. The monoisotopic (exact) mass is 517 g/mol. The predicted octanol–water partition coefficient (Wildman–Crippen LogP) is 6.12. The molecular weight excluding hydrogens is 480 g/mol. The average molecular weight is 518 g/mol. The Hall–Kier alpha value is -2.55. The number of halogens is 2. The van der Waals surface area contributed by atoms with Crippen molar-refractivity contribution in [1.82, 2.24) is 9.55 Å². The maximum absolute atomic E-state index is 13.9. The fourth-order valence-electron chi connectivity index (χ4n) is 6.74. The quantitative estimate of drug-likeness (QED) is 0.528. The number of aryl methyl sites for hydroxylation is 1. The van der Waals surface area contributed by atoms with Crippen LogP contribution in [0.25, 0.3) is 11.0 Å². The van der Waals surface area contributed by atoms with Gasteiger partial charge in [-0.15, -0.1) is 0 Å². The topological polar surface area (TPSA) is 84.7 Å². The number of hydrogen-bond acceptors (Lipinski definition) is 5. The Morgan fingerprint density at radius 3 is 2.57 bits per heavy atom. The van der Waals surface area contributed by atoms with E-state index in [2.05, 4.69) is 4.57 Å². The maximum Gasteiger partial charge on any atom is 0.414 e. The molecule has 1 aromatic carbocycles. The summed E-state index contributed by atoms with van der Waals surface area (Å²) in [6.45, 7) is 3.62. The molecule has 2 aliphatic carbocycles. The van der Waals surface area contributed by atoms with Crippen LogP contribution in [0.1, 0.15) is 95.2 Å². The second-order valence-electron chi connectivity index (χ2n) is 11.3. The lowest BCUT2D eigenvalue weighted by molar-refractivity contribution is -0.122. The zero-order valence-corrected chi connectivity index (χ0v) is 21.9. The van der Waals surface area contributed by atoms with E-state index in [1.165, 1.54) is 7.11 Å². The SMILES string of the molecule is COC(=O)N1c2ccc3c(nc([C@H](O)C4CCC(F)(F)CC4)n3[C@@H]3CCC[C@@H](C(C)=O)C3)c2CCC1C. The third-order valence-corrected chi connectivity index (χ3v) is 8.91. The second-order valence-corrected chi connectivity index (χ2v) is 11.3. The number of fused-ring (bicyclic) bond motifs is 3. The summed E-state index contributed by atoms with van der Waals surface area (Å²) in [6.07, 6.45) is 3.39. The van der Waals surface area contributed by atoms with Gasteiger partial charge in [0.15, 0.2) is 0 Å². The number of rotatable bonds is 4. The molecule has 37 heavy (non-hydrogen) atoms. The molecule has 4 atom stereocenters. The number of methoxy groups -OCH3 is 1. The van der Waals surface area contributed by atoms with Crippen molar-refractivity contribution in [2.24, 2.45) is 11.8 Å². The van der Waals surface area contributed by atoms with E-state index in [9.17, 15) is 23.5 Å². The molecule has 1 aromatic heterocycles. The van der Waals surface area contributed by atoms with Gasteiger partial charge in [-0.25, -0.2) is 18.6 Å². The first-order valence-corrected chi connectivity index (χ1v) is 13.6. The Balaban J connectivity index is 1.62. The van der Waals surface area contributed by atoms with Crippen LogP contribution in [-0.4, -0.2) is 45.6 Å². The summed E-state index contributed by atoms with van der Waals surface area (Å²) in [6, 6.07) is 3.82. The molecule has 9 heteroatoms. The van der Waals surface area contributed by atoms with Crippen molar-refractivity contribution >= 4 is 28.6 Å². The zero-order valence-electron chi connectivity index (χ0n) is 21.9. The number of alkyl halides is 2. The summed E-state index contributed by atoms with van der Waals surface area (Å²) in [5.41, 5.74) is 3.29. The van der Waals surface area contributed by atoms with E-state index >= 15 is 0 Å². The van der Waals surface area contributed by atoms with E-state index in [0.29, 0.717) is 12.2 Å². The van der Waals surface area contributed by atoms with Crippen LogP contribution >= 0.6 is 0 Å². The van der Waals surface area contributed by atoms with Crippen LogP contribution < -0.4 is 4.90 Å². The van der Waals surface area contributed by atoms with Gasteiger partial charge in [0.25, 0.3) is 0 Å². The van der Waals surface area contributed by atoms with Crippen molar-refractivity contribution in [3.8, 4) is 0 Å². The number of aliphatic hydroxyl groups is 1. The van der Waals surface area contributed by atoms with Gasteiger partial charge in [-0.1, -0.05) is 6.42 Å². The fraction of sp³-hybridized carbons (Fsp3) is 0.679. The van der Waals surface area contributed by atoms with E-state index in [0.717, 1.165) is 54.4 Å². The molecule has 7 nitrogen and oxygen atoms in total. The number of hydrogen-bond donors (Lipinski definition) is 1. The van der Waals surface area contributed by atoms with E-state index in [4.69, 9.17) is 9.72 Å². The normalized spacial score (nSPS) is 27.1. The van der Waals surface area contributed by atoms with Gasteiger partial charge in [0.2, 0.25) is 5.92 Å². The van der Waals surface area contributed by atoms with Gasteiger partial charge in [0.1, 0.15) is 17.7 Å². The molecule has 5 rings (SSSR count). The third kappa shape index (κ3) is 4.75. The van der Waals surface area contributed by atoms with Crippen LogP contribution in [0.4, 0.5) is 19.3 Å². The van der Waals surface area contributed by atoms with Crippen molar-refractivity contribution in [2.45, 2.75) is 102 Å². The number of anilines is 1. The predicted molar refractivity (Wildman–Crippen MR) is 136 cm³/mol. The molecule has 0 spiro atoms. The highest BCUT2D eigenvalue weighted by molar-refractivity contribution is 5.95. The number of ether oxygens (including phenoxy) is 1. The Kier molecular flexibility index (Phi) is 7.02. The summed E-state index contributed by atoms with van der Waals surface area (Å²) >= 11 is 0. The van der Waals surface area contributed by atoms with Gasteiger partial charge in [-0.3, -0.25) is 9.69 Å². The summed E-state index contributed by atoms with van der Waals surface area (Å²) in [7, 11) is 1.37. The highest BCUT2D eigenvalue weighted by Gasteiger charge is 2.40. The van der Waals surface area contributed by atoms with Crippen LogP contribution in [0, 0.1) is 11.8 Å². The van der Waals surface area contributed by atoms with Gasteiger partial charge >= 0.3 is 6.09 Å². The zero-order chi connectivity index (χ0) is 26.5. The molecule has 1 amide bonds. The molecule has 1 unspecified atom stereocenters. The minimum absolute atomic E-state index is 0.0143. The van der Waals surface area contributed by atoms with E-state index in [1.54, 1.807) is 11.8 Å². The molecule has 1 aliphatic heterocycles. The molecule has 1 N–H and O–H groups in total. The number of carbonyl (C=O) groups is 2. The van der Waals surface area contributed by atoms with Crippen LogP contribution in [0.3, 0.4) is 0 Å². The Morgan fingerprint density at radius 2 is 1.89 bits per heavy atom. The van der Waals surface area contributed by atoms with Crippen LogP contribution in [-0.2, 0) is 16.0 Å². The highest BCUT2D eigenvalue weighted by atomic mass is 19.3. The molecule has 202 valence electrons. The van der Waals surface area contributed by atoms with Crippen molar-refractivity contribution in [3.05, 3.63) is 23.5 Å². The number of aliphatic hydroxyl groups excluding tert-OH is 1. The smallest absolute Gasteiger partial charge is 0.414 e. The summed E-state index contributed by atoms with van der Waals surface area (Å²) in [5, 5.41) is 11.5. The van der Waals surface area contributed by atoms with E-state index in [-0.39, 0.29) is 55.4 Å².